The van der Waals surface area contributed by atoms with Gasteiger partial charge in [-0.05, 0) is 36.6 Å². The molecule has 0 saturated carbocycles. The number of benzene rings is 1. The Morgan fingerprint density at radius 3 is 2.84 bits per heavy atom. The molecule has 0 aliphatic carbocycles. The van der Waals surface area contributed by atoms with E-state index in [1.54, 1.807) is 12.1 Å². The molecule has 1 aliphatic rings. The van der Waals surface area contributed by atoms with Crippen molar-refractivity contribution in [3.63, 3.8) is 0 Å². The Kier molecular flexibility index (Phi) is 4.60. The number of carbonyl (C=O) groups is 1. The minimum Gasteiger partial charge on any atom is -0.478 e. The first-order chi connectivity index (χ1) is 9.02. The number of halogens is 1. The number of hydrogen-bond donors (Lipinski definition) is 2. The smallest absolute Gasteiger partial charge is 0.335 e. The number of aromatic carboxylic acids is 1. The first-order valence-electron chi connectivity index (χ1n) is 6.39. The van der Waals surface area contributed by atoms with Gasteiger partial charge in [-0.15, -0.1) is 0 Å². The number of carboxylic acids is 1. The van der Waals surface area contributed by atoms with Gasteiger partial charge in [-0.1, -0.05) is 28.9 Å². The van der Waals surface area contributed by atoms with Crippen LogP contribution in [0, 0.1) is 5.92 Å². The molecule has 0 radical (unpaired) electrons. The Morgan fingerprint density at radius 1 is 1.53 bits per heavy atom. The number of hydrogen-bond acceptors (Lipinski definition) is 3. The van der Waals surface area contributed by atoms with Crippen LogP contribution in [0.2, 0.25) is 0 Å². The molecule has 0 spiro atoms. The summed E-state index contributed by atoms with van der Waals surface area (Å²) in [6, 6.07) is 5.29. The second-order valence-corrected chi connectivity index (χ2v) is 5.95. The predicted molar refractivity (Wildman–Crippen MR) is 76.2 cm³/mol. The molecular formula is C14H18BrNO3. The van der Waals surface area contributed by atoms with Crippen molar-refractivity contribution in [3.05, 3.63) is 33.8 Å². The van der Waals surface area contributed by atoms with E-state index in [0.717, 1.165) is 29.5 Å². The van der Waals surface area contributed by atoms with E-state index in [1.165, 1.54) is 0 Å². The van der Waals surface area contributed by atoms with Crippen LogP contribution in [0.3, 0.4) is 0 Å². The molecule has 0 bridgehead atoms. The van der Waals surface area contributed by atoms with Crippen molar-refractivity contribution in [2.75, 3.05) is 13.2 Å². The fraction of sp³-hybridized carbons (Fsp3) is 0.500. The summed E-state index contributed by atoms with van der Waals surface area (Å²) in [5, 5.41) is 18.4. The van der Waals surface area contributed by atoms with Crippen molar-refractivity contribution < 1.29 is 15.0 Å². The van der Waals surface area contributed by atoms with Crippen LogP contribution >= 0.6 is 15.9 Å². The molecule has 104 valence electrons. The van der Waals surface area contributed by atoms with Crippen LogP contribution in [0.1, 0.15) is 29.3 Å². The quantitative estimate of drug-likeness (QED) is 0.891. The third kappa shape index (κ3) is 3.16. The number of rotatable bonds is 4. The standard InChI is InChI=1S/C14H18BrNO3/c1-9-4-5-16(13(9)8-17)7-11-3-2-10(14(18)19)6-12(11)15/h2-3,6,9,13,17H,4-5,7-8H2,1H3,(H,18,19). The minimum absolute atomic E-state index is 0.173. The molecule has 2 rings (SSSR count). The lowest BCUT2D eigenvalue weighted by atomic mass is 10.0. The van der Waals surface area contributed by atoms with Crippen LogP contribution in [0.5, 0.6) is 0 Å². The lowest BCUT2D eigenvalue weighted by Crippen LogP contribution is -2.34. The summed E-state index contributed by atoms with van der Waals surface area (Å²) in [6.45, 7) is 4.03. The van der Waals surface area contributed by atoms with E-state index >= 15 is 0 Å². The molecular weight excluding hydrogens is 310 g/mol. The maximum atomic E-state index is 10.9. The third-order valence-electron chi connectivity index (χ3n) is 3.86. The average Bonchev–Trinajstić information content (AvgIpc) is 2.72. The largest absolute Gasteiger partial charge is 0.478 e. The Hall–Kier alpha value is -0.910. The molecule has 2 N–H and O–H groups in total. The number of nitrogens with zero attached hydrogens (tertiary/aromatic N) is 1. The maximum Gasteiger partial charge on any atom is 0.335 e. The molecule has 1 aromatic rings. The molecule has 0 aromatic heterocycles. The van der Waals surface area contributed by atoms with Crippen LogP contribution in [-0.2, 0) is 6.54 Å². The zero-order valence-corrected chi connectivity index (χ0v) is 12.4. The predicted octanol–water partition coefficient (Wildman–Crippen LogP) is 2.35. The minimum atomic E-state index is -0.921. The van der Waals surface area contributed by atoms with Gasteiger partial charge in [0.05, 0.1) is 12.2 Å². The van der Waals surface area contributed by atoms with Gasteiger partial charge in [-0.25, -0.2) is 4.79 Å². The third-order valence-corrected chi connectivity index (χ3v) is 4.60. The molecule has 5 heteroatoms. The lowest BCUT2D eigenvalue weighted by molar-refractivity contribution is 0.0697. The van der Waals surface area contributed by atoms with Gasteiger partial charge < -0.3 is 10.2 Å². The Labute approximate surface area is 121 Å². The number of likely N-dealkylation sites (tertiary alicyclic amines) is 1. The molecule has 2 atom stereocenters. The lowest BCUT2D eigenvalue weighted by Gasteiger charge is -2.25. The highest BCUT2D eigenvalue weighted by Gasteiger charge is 2.30. The molecule has 1 aliphatic heterocycles. The topological polar surface area (TPSA) is 60.8 Å². The van der Waals surface area contributed by atoms with Gasteiger partial charge in [0, 0.05) is 17.1 Å². The molecule has 19 heavy (non-hydrogen) atoms. The second-order valence-electron chi connectivity index (χ2n) is 5.10. The zero-order chi connectivity index (χ0) is 14.0. The van der Waals surface area contributed by atoms with Gasteiger partial charge >= 0.3 is 5.97 Å². The summed E-state index contributed by atoms with van der Waals surface area (Å²) in [4.78, 5) is 13.1. The van der Waals surface area contributed by atoms with E-state index in [-0.39, 0.29) is 18.2 Å². The van der Waals surface area contributed by atoms with Gasteiger partial charge in [0.25, 0.3) is 0 Å². The Morgan fingerprint density at radius 2 is 2.26 bits per heavy atom. The van der Waals surface area contributed by atoms with Crippen molar-refractivity contribution in [1.82, 2.24) is 4.90 Å². The van der Waals surface area contributed by atoms with Gasteiger partial charge in [0.15, 0.2) is 0 Å². The number of aliphatic hydroxyl groups excluding tert-OH is 1. The van der Waals surface area contributed by atoms with Crippen molar-refractivity contribution in [3.8, 4) is 0 Å². The van der Waals surface area contributed by atoms with Crippen LogP contribution in [-0.4, -0.2) is 40.3 Å². The maximum absolute atomic E-state index is 10.9. The van der Waals surface area contributed by atoms with Crippen molar-refractivity contribution >= 4 is 21.9 Å². The van der Waals surface area contributed by atoms with Gasteiger partial charge in [0.1, 0.15) is 0 Å². The fourth-order valence-electron chi connectivity index (χ4n) is 2.61. The van der Waals surface area contributed by atoms with E-state index in [2.05, 4.69) is 27.8 Å². The van der Waals surface area contributed by atoms with Gasteiger partial charge in [0.2, 0.25) is 0 Å². The summed E-state index contributed by atoms with van der Waals surface area (Å²) < 4.78 is 0.809. The number of aliphatic hydroxyl groups is 1. The molecule has 1 heterocycles. The van der Waals surface area contributed by atoms with E-state index in [4.69, 9.17) is 5.11 Å². The highest BCUT2D eigenvalue weighted by atomic mass is 79.9. The highest BCUT2D eigenvalue weighted by molar-refractivity contribution is 9.10. The van der Waals surface area contributed by atoms with Crippen LogP contribution in [0.4, 0.5) is 0 Å². The average molecular weight is 328 g/mol. The van der Waals surface area contributed by atoms with Crippen molar-refractivity contribution in [2.45, 2.75) is 25.9 Å². The molecule has 2 unspecified atom stereocenters. The molecule has 1 saturated heterocycles. The molecule has 1 aromatic carbocycles. The van der Waals surface area contributed by atoms with E-state index in [9.17, 15) is 9.90 Å². The van der Waals surface area contributed by atoms with Gasteiger partial charge in [-0.2, -0.15) is 0 Å². The monoisotopic (exact) mass is 327 g/mol. The van der Waals surface area contributed by atoms with Crippen LogP contribution in [0.25, 0.3) is 0 Å². The summed E-state index contributed by atoms with van der Waals surface area (Å²) in [6.07, 6.45) is 1.09. The SMILES string of the molecule is CC1CCN(Cc2ccc(C(=O)O)cc2Br)C1CO. The normalized spacial score (nSPS) is 23.7. The van der Waals surface area contributed by atoms with Crippen molar-refractivity contribution in [1.29, 1.82) is 0 Å². The van der Waals surface area contributed by atoms with E-state index < -0.39 is 5.97 Å². The Balaban J connectivity index is 2.13. The van der Waals surface area contributed by atoms with E-state index in [0.29, 0.717) is 5.92 Å². The summed E-state index contributed by atoms with van der Waals surface area (Å²) in [5.41, 5.74) is 1.33. The summed E-state index contributed by atoms with van der Waals surface area (Å²) in [7, 11) is 0. The second kappa shape index (κ2) is 6.03. The highest BCUT2D eigenvalue weighted by Crippen LogP contribution is 2.28. The number of carboxylic acid groups (broad SMARTS) is 1. The molecule has 0 amide bonds. The first-order valence-corrected chi connectivity index (χ1v) is 7.19. The first kappa shape index (κ1) is 14.5. The molecule has 1 fully saturated rings. The Bertz CT molecular complexity index is 478. The summed E-state index contributed by atoms with van der Waals surface area (Å²) in [5.74, 6) is -0.419. The van der Waals surface area contributed by atoms with E-state index in [1.807, 2.05) is 6.07 Å². The summed E-state index contributed by atoms with van der Waals surface area (Å²) >= 11 is 3.43. The fourth-order valence-corrected chi connectivity index (χ4v) is 3.11. The van der Waals surface area contributed by atoms with Gasteiger partial charge in [-0.3, -0.25) is 4.90 Å². The van der Waals surface area contributed by atoms with Crippen molar-refractivity contribution in [2.24, 2.45) is 5.92 Å². The molecule has 4 nitrogen and oxygen atoms in total. The van der Waals surface area contributed by atoms with Crippen LogP contribution < -0.4 is 0 Å². The van der Waals surface area contributed by atoms with Crippen LogP contribution in [0.15, 0.2) is 22.7 Å². The zero-order valence-electron chi connectivity index (χ0n) is 10.8.